The molecule has 1 aliphatic heterocycles. The van der Waals surface area contributed by atoms with Gasteiger partial charge in [0.05, 0.1) is 18.5 Å². The standard InChI is InChI=1S/C18H23N3O2/c1-2-23-18(22)17-10-6-7-11-20(17)13-15-12-19-21(14-15)16-8-4-3-5-9-16/h3-5,8-9,12,14,17H,2,6-7,10-11,13H2,1H3. The molecule has 0 spiro atoms. The number of hydrogen-bond donors (Lipinski definition) is 0. The number of nitrogens with zero attached hydrogens (tertiary/aromatic N) is 3. The van der Waals surface area contributed by atoms with Crippen molar-refractivity contribution in [3.05, 3.63) is 48.3 Å². The number of piperidine rings is 1. The van der Waals surface area contributed by atoms with Crippen molar-refractivity contribution >= 4 is 5.97 Å². The normalized spacial score (nSPS) is 18.7. The molecule has 5 nitrogen and oxygen atoms in total. The molecule has 2 heterocycles. The maximum absolute atomic E-state index is 12.1. The van der Waals surface area contributed by atoms with Gasteiger partial charge in [-0.2, -0.15) is 5.10 Å². The third-order valence-corrected chi connectivity index (χ3v) is 4.21. The highest BCUT2D eigenvalue weighted by atomic mass is 16.5. The van der Waals surface area contributed by atoms with Crippen molar-refractivity contribution in [2.24, 2.45) is 0 Å². The summed E-state index contributed by atoms with van der Waals surface area (Å²) in [7, 11) is 0. The van der Waals surface area contributed by atoms with Crippen molar-refractivity contribution in [1.29, 1.82) is 0 Å². The van der Waals surface area contributed by atoms with E-state index in [1.165, 1.54) is 0 Å². The third kappa shape index (κ3) is 3.79. The van der Waals surface area contributed by atoms with Gasteiger partial charge in [0.1, 0.15) is 6.04 Å². The Morgan fingerprint density at radius 1 is 1.30 bits per heavy atom. The lowest BCUT2D eigenvalue weighted by Gasteiger charge is -2.33. The first kappa shape index (κ1) is 15.7. The summed E-state index contributed by atoms with van der Waals surface area (Å²) >= 11 is 0. The number of benzene rings is 1. The van der Waals surface area contributed by atoms with Crippen LogP contribution in [0.5, 0.6) is 0 Å². The number of carbonyl (C=O) groups excluding carboxylic acids is 1. The lowest BCUT2D eigenvalue weighted by atomic mass is 10.0. The summed E-state index contributed by atoms with van der Waals surface area (Å²) in [4.78, 5) is 14.4. The summed E-state index contributed by atoms with van der Waals surface area (Å²) in [5.41, 5.74) is 2.16. The van der Waals surface area contributed by atoms with E-state index in [0.29, 0.717) is 6.61 Å². The Bertz CT molecular complexity index is 639. The molecule has 3 rings (SSSR count). The van der Waals surface area contributed by atoms with E-state index in [0.717, 1.165) is 43.6 Å². The van der Waals surface area contributed by atoms with Gasteiger partial charge in [0.2, 0.25) is 0 Å². The van der Waals surface area contributed by atoms with Crippen LogP contribution in [0, 0.1) is 0 Å². The number of ether oxygens (including phenoxy) is 1. The molecule has 0 radical (unpaired) electrons. The van der Waals surface area contributed by atoms with Crippen molar-refractivity contribution in [3.8, 4) is 5.69 Å². The summed E-state index contributed by atoms with van der Waals surface area (Å²) in [6, 6.07) is 9.92. The molecule has 122 valence electrons. The molecule has 0 N–H and O–H groups in total. The third-order valence-electron chi connectivity index (χ3n) is 4.21. The molecular formula is C18H23N3O2. The van der Waals surface area contributed by atoms with Crippen LogP contribution in [0.2, 0.25) is 0 Å². The number of likely N-dealkylation sites (tertiary alicyclic amines) is 1. The zero-order valence-electron chi connectivity index (χ0n) is 13.5. The van der Waals surface area contributed by atoms with Crippen molar-refractivity contribution in [2.45, 2.75) is 38.8 Å². The van der Waals surface area contributed by atoms with Crippen LogP contribution in [0.3, 0.4) is 0 Å². The van der Waals surface area contributed by atoms with Crippen molar-refractivity contribution in [2.75, 3.05) is 13.2 Å². The van der Waals surface area contributed by atoms with Crippen LogP contribution < -0.4 is 0 Å². The van der Waals surface area contributed by atoms with Crippen molar-refractivity contribution in [1.82, 2.24) is 14.7 Å². The van der Waals surface area contributed by atoms with Crippen molar-refractivity contribution in [3.63, 3.8) is 0 Å². The molecule has 1 aliphatic rings. The maximum atomic E-state index is 12.1. The van der Waals surface area contributed by atoms with E-state index in [9.17, 15) is 4.79 Å². The summed E-state index contributed by atoms with van der Waals surface area (Å²) in [5.74, 6) is -0.0948. The number of rotatable bonds is 5. The zero-order chi connectivity index (χ0) is 16.1. The van der Waals surface area contributed by atoms with E-state index >= 15 is 0 Å². The predicted octanol–water partition coefficient (Wildman–Crippen LogP) is 2.79. The van der Waals surface area contributed by atoms with Crippen LogP contribution >= 0.6 is 0 Å². The molecule has 1 saturated heterocycles. The Balaban J connectivity index is 1.70. The number of para-hydroxylation sites is 1. The number of esters is 1. The van der Waals surface area contributed by atoms with Gasteiger partial charge in [0.25, 0.3) is 0 Å². The summed E-state index contributed by atoms with van der Waals surface area (Å²) in [5, 5.41) is 4.43. The Morgan fingerprint density at radius 3 is 2.91 bits per heavy atom. The first-order chi connectivity index (χ1) is 11.3. The Labute approximate surface area is 136 Å². The highest BCUT2D eigenvalue weighted by Gasteiger charge is 2.29. The van der Waals surface area contributed by atoms with Gasteiger partial charge >= 0.3 is 5.97 Å². The molecule has 0 amide bonds. The number of aromatic nitrogens is 2. The second kappa shape index (κ2) is 7.42. The zero-order valence-corrected chi connectivity index (χ0v) is 13.5. The number of hydrogen-bond acceptors (Lipinski definition) is 4. The van der Waals surface area contributed by atoms with E-state index in [2.05, 4.69) is 10.00 Å². The average Bonchev–Trinajstić information content (AvgIpc) is 3.05. The minimum absolute atomic E-state index is 0.0948. The first-order valence-electron chi connectivity index (χ1n) is 8.27. The summed E-state index contributed by atoms with van der Waals surface area (Å²) < 4.78 is 7.10. The van der Waals surface area contributed by atoms with Crippen LogP contribution in [0.15, 0.2) is 42.7 Å². The van der Waals surface area contributed by atoms with Gasteiger partial charge in [0, 0.05) is 18.3 Å². The Morgan fingerprint density at radius 2 is 2.13 bits per heavy atom. The van der Waals surface area contributed by atoms with Gasteiger partial charge in [-0.3, -0.25) is 9.69 Å². The molecule has 23 heavy (non-hydrogen) atoms. The van der Waals surface area contributed by atoms with Crippen LogP contribution in [0.25, 0.3) is 5.69 Å². The van der Waals surface area contributed by atoms with E-state index < -0.39 is 0 Å². The fourth-order valence-corrected chi connectivity index (χ4v) is 3.08. The van der Waals surface area contributed by atoms with Gasteiger partial charge in [-0.1, -0.05) is 24.6 Å². The van der Waals surface area contributed by atoms with Crippen LogP contribution in [-0.2, 0) is 16.1 Å². The molecule has 1 aromatic heterocycles. The highest BCUT2D eigenvalue weighted by Crippen LogP contribution is 2.21. The average molecular weight is 313 g/mol. The largest absolute Gasteiger partial charge is 0.465 e. The molecule has 0 aliphatic carbocycles. The van der Waals surface area contributed by atoms with Gasteiger partial charge in [-0.25, -0.2) is 4.68 Å². The quantitative estimate of drug-likeness (QED) is 0.796. The smallest absolute Gasteiger partial charge is 0.323 e. The lowest BCUT2D eigenvalue weighted by Crippen LogP contribution is -2.44. The van der Waals surface area contributed by atoms with E-state index in [1.54, 1.807) is 0 Å². The molecule has 1 atom stereocenters. The minimum atomic E-state index is -0.122. The molecule has 5 heteroatoms. The predicted molar refractivity (Wildman–Crippen MR) is 88.2 cm³/mol. The van der Waals surface area contributed by atoms with Gasteiger partial charge in [-0.05, 0) is 38.4 Å². The molecule has 1 fully saturated rings. The fraction of sp³-hybridized carbons (Fsp3) is 0.444. The molecule has 0 saturated carbocycles. The first-order valence-corrected chi connectivity index (χ1v) is 8.27. The monoisotopic (exact) mass is 313 g/mol. The second-order valence-corrected chi connectivity index (χ2v) is 5.86. The summed E-state index contributed by atoms with van der Waals surface area (Å²) in [6.07, 6.45) is 7.01. The topological polar surface area (TPSA) is 47.4 Å². The SMILES string of the molecule is CCOC(=O)C1CCCCN1Cc1cnn(-c2ccccc2)c1. The minimum Gasteiger partial charge on any atom is -0.465 e. The van der Waals surface area contributed by atoms with E-state index in [4.69, 9.17) is 4.74 Å². The molecule has 0 bridgehead atoms. The number of carbonyl (C=O) groups is 1. The fourth-order valence-electron chi connectivity index (χ4n) is 3.08. The lowest BCUT2D eigenvalue weighted by molar-refractivity contribution is -0.151. The molecular weight excluding hydrogens is 290 g/mol. The molecule has 1 unspecified atom stereocenters. The molecule has 2 aromatic rings. The van der Waals surface area contributed by atoms with Crippen LogP contribution in [0.4, 0.5) is 0 Å². The van der Waals surface area contributed by atoms with Crippen LogP contribution in [-0.4, -0.2) is 39.8 Å². The van der Waals surface area contributed by atoms with Gasteiger partial charge < -0.3 is 4.74 Å². The van der Waals surface area contributed by atoms with Gasteiger partial charge in [0.15, 0.2) is 0 Å². The van der Waals surface area contributed by atoms with Crippen molar-refractivity contribution < 1.29 is 9.53 Å². The van der Waals surface area contributed by atoms with E-state index in [-0.39, 0.29) is 12.0 Å². The Kier molecular flexibility index (Phi) is 5.08. The molecule has 1 aromatic carbocycles. The van der Waals surface area contributed by atoms with E-state index in [1.807, 2.05) is 54.3 Å². The maximum Gasteiger partial charge on any atom is 0.323 e. The second-order valence-electron chi connectivity index (χ2n) is 5.86. The van der Waals surface area contributed by atoms with Crippen LogP contribution in [0.1, 0.15) is 31.7 Å². The van der Waals surface area contributed by atoms with Gasteiger partial charge in [-0.15, -0.1) is 0 Å². The summed E-state index contributed by atoms with van der Waals surface area (Å²) in [6.45, 7) is 3.96. The Hall–Kier alpha value is -2.14. The highest BCUT2D eigenvalue weighted by molar-refractivity contribution is 5.75.